The summed E-state index contributed by atoms with van der Waals surface area (Å²) in [4.78, 5) is 0. The van der Waals surface area contributed by atoms with E-state index in [9.17, 15) is 176 Å². The normalized spacial score (nSPS) is 17.9. The molecule has 368 valence electrons. The highest BCUT2D eigenvalue weighted by Gasteiger charge is 3.03. The summed E-state index contributed by atoms with van der Waals surface area (Å²) in [5, 5.41) is 7.64. The standard InChI is InChI=1S/C20H2F40O/c21-1(61)2(22,23)3(24,25)4(26,27)5(28,29)6(30,31)7(32,33)8(34,35)9(36,37)10(38,39)11(40,41)12(42,43)13(44,45)14(46,47)15(48,49)16(50,51)17(52,53)18(54,55)19(56,57)20(58,59)60/h1,61H. The van der Waals surface area contributed by atoms with Gasteiger partial charge in [-0.2, -0.15) is 171 Å². The van der Waals surface area contributed by atoms with Gasteiger partial charge in [-0.25, -0.2) is 4.39 Å². The lowest BCUT2D eigenvalue weighted by Crippen LogP contribution is -2.80. The third kappa shape index (κ3) is 6.38. The lowest BCUT2D eigenvalue weighted by atomic mass is 9.82. The van der Waals surface area contributed by atoms with Gasteiger partial charge in [-0.1, -0.05) is 0 Å². The van der Waals surface area contributed by atoms with Crippen LogP contribution in [-0.2, 0) is 0 Å². The number of hydrogen-bond acceptors (Lipinski definition) is 1. The summed E-state index contributed by atoms with van der Waals surface area (Å²) in [5.41, 5.74) is 0. The molecule has 0 radical (unpaired) electrons. The maximum atomic E-state index is 13.9. The molecule has 0 amide bonds. The molecule has 0 fully saturated rings. The molecular formula is C20H2F40O. The average Bonchev–Trinajstić information content (AvgIpc) is 3.02. The molecular weight excluding hydrogens is 1020 g/mol. The van der Waals surface area contributed by atoms with E-state index in [-0.39, 0.29) is 0 Å². The Morgan fingerprint density at radius 3 is 0.377 bits per heavy atom. The Balaban J connectivity index is 7.95. The van der Waals surface area contributed by atoms with Crippen molar-refractivity contribution in [3.63, 3.8) is 0 Å². The van der Waals surface area contributed by atoms with Gasteiger partial charge < -0.3 is 5.11 Å². The van der Waals surface area contributed by atoms with E-state index in [0.29, 0.717) is 0 Å². The van der Waals surface area contributed by atoms with Crippen LogP contribution in [0, 0.1) is 0 Å². The van der Waals surface area contributed by atoms with Crippen LogP contribution in [0.2, 0.25) is 0 Å². The molecule has 0 bridgehead atoms. The van der Waals surface area contributed by atoms with Crippen LogP contribution < -0.4 is 0 Å². The molecule has 0 aliphatic heterocycles. The van der Waals surface area contributed by atoms with Gasteiger partial charge in [0.25, 0.3) is 6.36 Å². The van der Waals surface area contributed by atoms with E-state index < -0.39 is 119 Å². The molecule has 0 aromatic carbocycles. The van der Waals surface area contributed by atoms with Crippen molar-refractivity contribution in [2.24, 2.45) is 0 Å². The van der Waals surface area contributed by atoms with Crippen molar-refractivity contribution in [3.8, 4) is 0 Å². The largest absolute Gasteiger partial charge is 0.460 e. The molecule has 0 aromatic rings. The molecule has 0 saturated carbocycles. The zero-order valence-corrected chi connectivity index (χ0v) is 25.6. The van der Waals surface area contributed by atoms with Gasteiger partial charge in [-0.3, -0.25) is 0 Å². The summed E-state index contributed by atoms with van der Waals surface area (Å²) in [7, 11) is 0. The first-order valence-corrected chi connectivity index (χ1v) is 12.6. The van der Waals surface area contributed by atoms with E-state index in [1.165, 1.54) is 0 Å². The topological polar surface area (TPSA) is 20.2 Å². The Hall–Kier alpha value is -2.84. The molecule has 61 heavy (non-hydrogen) atoms. The van der Waals surface area contributed by atoms with Crippen LogP contribution in [0.25, 0.3) is 0 Å². The fraction of sp³-hybridized carbons (Fsp3) is 1.00. The van der Waals surface area contributed by atoms with Crippen LogP contribution in [0.15, 0.2) is 0 Å². The van der Waals surface area contributed by atoms with Crippen LogP contribution in [0.3, 0.4) is 0 Å². The van der Waals surface area contributed by atoms with E-state index in [0.717, 1.165) is 0 Å². The summed E-state index contributed by atoms with van der Waals surface area (Å²) in [6, 6.07) is 0. The van der Waals surface area contributed by atoms with E-state index in [4.69, 9.17) is 5.11 Å². The summed E-state index contributed by atoms with van der Waals surface area (Å²) < 4.78 is 538. The van der Waals surface area contributed by atoms with Gasteiger partial charge in [0, 0.05) is 0 Å². The van der Waals surface area contributed by atoms with Crippen LogP contribution in [0.5, 0.6) is 0 Å². The molecule has 41 heteroatoms. The highest BCUT2D eigenvalue weighted by molar-refractivity contribution is 5.23. The van der Waals surface area contributed by atoms with Crippen molar-refractivity contribution in [1.29, 1.82) is 0 Å². The van der Waals surface area contributed by atoms with E-state index in [2.05, 4.69) is 0 Å². The van der Waals surface area contributed by atoms with Crippen molar-refractivity contribution >= 4 is 0 Å². The first-order valence-electron chi connectivity index (χ1n) is 12.6. The van der Waals surface area contributed by atoms with Gasteiger partial charge in [0.2, 0.25) is 0 Å². The second-order valence-corrected chi connectivity index (χ2v) is 11.2. The molecule has 1 unspecified atom stereocenters. The van der Waals surface area contributed by atoms with Crippen LogP contribution in [0.1, 0.15) is 0 Å². The van der Waals surface area contributed by atoms with Gasteiger partial charge in [0.15, 0.2) is 0 Å². The molecule has 0 aromatic heterocycles. The minimum atomic E-state index is -10.6. The number of aliphatic hydroxyl groups is 1. The summed E-state index contributed by atoms with van der Waals surface area (Å²) in [6.07, 6.45) is -14.6. The van der Waals surface area contributed by atoms with Gasteiger partial charge in [0.1, 0.15) is 0 Å². The van der Waals surface area contributed by atoms with Crippen molar-refractivity contribution in [2.45, 2.75) is 119 Å². The maximum absolute atomic E-state index is 13.9. The van der Waals surface area contributed by atoms with Crippen molar-refractivity contribution in [3.05, 3.63) is 0 Å². The highest BCUT2D eigenvalue weighted by atomic mass is 19.4. The molecule has 0 heterocycles. The Bertz CT molecular complexity index is 1590. The predicted octanol–water partition coefficient (Wildman–Crippen LogP) is 12.3. The van der Waals surface area contributed by atoms with E-state index in [1.54, 1.807) is 0 Å². The lowest BCUT2D eigenvalue weighted by molar-refractivity contribution is -0.495. The second-order valence-electron chi connectivity index (χ2n) is 11.2. The minimum absolute atomic E-state index is 6.11. The summed E-state index contributed by atoms with van der Waals surface area (Å²) in [6.45, 7) is 0. The fourth-order valence-electron chi connectivity index (χ4n) is 3.49. The molecule has 0 aliphatic carbocycles. The zero-order valence-electron chi connectivity index (χ0n) is 25.6. The molecule has 0 spiro atoms. The molecule has 1 atom stereocenters. The van der Waals surface area contributed by atoms with Gasteiger partial charge in [-0.15, -0.1) is 0 Å². The van der Waals surface area contributed by atoms with Crippen molar-refractivity contribution in [2.75, 3.05) is 0 Å². The lowest BCUT2D eigenvalue weighted by Gasteiger charge is -2.47. The second kappa shape index (κ2) is 13.8. The highest BCUT2D eigenvalue weighted by Crippen LogP contribution is 2.71. The third-order valence-corrected chi connectivity index (χ3v) is 7.38. The molecule has 1 N–H and O–H groups in total. The maximum Gasteiger partial charge on any atom is 0.460 e. The van der Waals surface area contributed by atoms with Gasteiger partial charge in [-0.05, 0) is 0 Å². The third-order valence-electron chi connectivity index (χ3n) is 7.38. The Morgan fingerprint density at radius 1 is 0.180 bits per heavy atom. The SMILES string of the molecule is OC(F)C(F)(F)C(F)(F)C(F)(F)C(F)(F)C(F)(F)C(F)(F)C(F)(F)C(F)(F)C(F)(F)C(F)(F)C(F)(F)C(F)(F)C(F)(F)C(F)(F)C(F)(F)C(F)(F)C(F)(F)C(F)(F)C(F)(F)F. The Morgan fingerprint density at radius 2 is 0.279 bits per heavy atom. The van der Waals surface area contributed by atoms with Crippen molar-refractivity contribution in [1.82, 2.24) is 0 Å². The minimum Gasteiger partial charge on any atom is -0.359 e. The quantitative estimate of drug-likeness (QED) is 0.136. The van der Waals surface area contributed by atoms with Gasteiger partial charge >= 0.3 is 113 Å². The summed E-state index contributed by atoms with van der Waals surface area (Å²) >= 11 is 0. The predicted molar refractivity (Wildman–Crippen MR) is 102 cm³/mol. The fourth-order valence-corrected chi connectivity index (χ4v) is 3.49. The van der Waals surface area contributed by atoms with E-state index >= 15 is 0 Å². The van der Waals surface area contributed by atoms with Crippen LogP contribution in [0.4, 0.5) is 176 Å². The zero-order chi connectivity index (χ0) is 51.1. The molecule has 0 rings (SSSR count). The molecule has 0 aliphatic rings. The number of hydrogen-bond donors (Lipinski definition) is 1. The Labute approximate surface area is 301 Å². The first kappa shape index (κ1) is 58.2. The van der Waals surface area contributed by atoms with Crippen LogP contribution in [-0.4, -0.2) is 124 Å². The summed E-state index contributed by atoms with van der Waals surface area (Å²) in [5.74, 6) is -180. The first-order chi connectivity index (χ1) is 25.4. The monoisotopic (exact) mass is 1020 g/mol. The number of aliphatic hydroxyl groups excluding tert-OH is 1. The number of rotatable bonds is 18. The average molecular weight is 1020 g/mol. The van der Waals surface area contributed by atoms with Crippen LogP contribution >= 0.6 is 0 Å². The smallest absolute Gasteiger partial charge is 0.359 e. The Kier molecular flexibility index (Phi) is 13.2. The molecule has 0 saturated heterocycles. The number of alkyl halides is 40. The van der Waals surface area contributed by atoms with Crippen molar-refractivity contribution < 1.29 is 181 Å². The number of halogens is 40. The van der Waals surface area contributed by atoms with E-state index in [1.807, 2.05) is 0 Å². The van der Waals surface area contributed by atoms with Gasteiger partial charge in [0.05, 0.1) is 0 Å². The molecule has 1 nitrogen and oxygen atoms in total.